The Morgan fingerprint density at radius 3 is 2.22 bits per heavy atom. The summed E-state index contributed by atoms with van der Waals surface area (Å²) in [6.45, 7) is 4.25. The van der Waals surface area contributed by atoms with Crippen LogP contribution in [0, 0.1) is 0 Å². The molecule has 4 nitrogen and oxygen atoms in total. The number of benzene rings is 2. The monoisotopic (exact) mass is 306 g/mol. The van der Waals surface area contributed by atoms with E-state index < -0.39 is 11.9 Å². The zero-order chi connectivity index (χ0) is 16.4. The SMILES string of the molecule is C=C1C[C@@H](C(N)=O)N(C(=O)c2ccc(-c3ccccc3)cc2)C1. The van der Waals surface area contributed by atoms with E-state index in [1.54, 1.807) is 12.1 Å². The smallest absolute Gasteiger partial charge is 0.254 e. The summed E-state index contributed by atoms with van der Waals surface area (Å²) in [5, 5.41) is 0. The second-order valence-electron chi connectivity index (χ2n) is 5.75. The van der Waals surface area contributed by atoms with Gasteiger partial charge in [-0.1, -0.05) is 54.6 Å². The van der Waals surface area contributed by atoms with Crippen LogP contribution >= 0.6 is 0 Å². The summed E-state index contributed by atoms with van der Waals surface area (Å²) in [7, 11) is 0. The van der Waals surface area contributed by atoms with E-state index >= 15 is 0 Å². The predicted molar refractivity (Wildman–Crippen MR) is 89.7 cm³/mol. The van der Waals surface area contributed by atoms with Crippen LogP contribution in [-0.2, 0) is 4.79 Å². The minimum Gasteiger partial charge on any atom is -0.368 e. The van der Waals surface area contributed by atoms with Gasteiger partial charge in [0.25, 0.3) is 5.91 Å². The number of rotatable bonds is 3. The first-order chi connectivity index (χ1) is 11.1. The summed E-state index contributed by atoms with van der Waals surface area (Å²) in [5.74, 6) is -0.676. The van der Waals surface area contributed by atoms with Gasteiger partial charge in [-0.15, -0.1) is 0 Å². The van der Waals surface area contributed by atoms with Crippen molar-refractivity contribution in [2.45, 2.75) is 12.5 Å². The van der Waals surface area contributed by atoms with E-state index in [-0.39, 0.29) is 5.91 Å². The average molecular weight is 306 g/mol. The third-order valence-corrected chi connectivity index (χ3v) is 4.08. The molecule has 23 heavy (non-hydrogen) atoms. The Hall–Kier alpha value is -2.88. The molecule has 2 aromatic carbocycles. The fraction of sp³-hybridized carbons (Fsp3) is 0.158. The quantitative estimate of drug-likeness (QED) is 0.886. The van der Waals surface area contributed by atoms with Crippen LogP contribution in [0.2, 0.25) is 0 Å². The number of hydrogen-bond donors (Lipinski definition) is 1. The number of carbonyl (C=O) groups is 2. The molecule has 2 N–H and O–H groups in total. The van der Waals surface area contributed by atoms with Gasteiger partial charge in [0.1, 0.15) is 6.04 Å². The minimum atomic E-state index is -0.594. The fourth-order valence-electron chi connectivity index (χ4n) is 2.87. The lowest BCUT2D eigenvalue weighted by Crippen LogP contribution is -2.43. The van der Waals surface area contributed by atoms with Crippen molar-refractivity contribution in [1.82, 2.24) is 4.90 Å². The number of hydrogen-bond acceptors (Lipinski definition) is 2. The molecule has 4 heteroatoms. The van der Waals surface area contributed by atoms with Gasteiger partial charge in [-0.05, 0) is 29.7 Å². The van der Waals surface area contributed by atoms with Crippen molar-refractivity contribution >= 4 is 11.8 Å². The van der Waals surface area contributed by atoms with Gasteiger partial charge < -0.3 is 10.6 Å². The highest BCUT2D eigenvalue weighted by molar-refractivity contribution is 5.98. The average Bonchev–Trinajstić information content (AvgIpc) is 2.97. The maximum atomic E-state index is 12.6. The van der Waals surface area contributed by atoms with Crippen molar-refractivity contribution in [3.63, 3.8) is 0 Å². The number of amides is 2. The Labute approximate surface area is 135 Å². The van der Waals surface area contributed by atoms with Crippen molar-refractivity contribution in [2.75, 3.05) is 6.54 Å². The third-order valence-electron chi connectivity index (χ3n) is 4.08. The van der Waals surface area contributed by atoms with Crippen LogP contribution < -0.4 is 5.73 Å². The summed E-state index contributed by atoms with van der Waals surface area (Å²) in [6, 6.07) is 16.7. The molecule has 1 fully saturated rings. The molecule has 1 aliphatic rings. The maximum absolute atomic E-state index is 12.6. The van der Waals surface area contributed by atoms with E-state index in [2.05, 4.69) is 6.58 Å². The lowest BCUT2D eigenvalue weighted by molar-refractivity contribution is -0.121. The molecule has 1 saturated heterocycles. The van der Waals surface area contributed by atoms with Gasteiger partial charge in [0.15, 0.2) is 0 Å². The zero-order valence-corrected chi connectivity index (χ0v) is 12.7. The Morgan fingerprint density at radius 1 is 1.00 bits per heavy atom. The molecule has 0 bridgehead atoms. The molecule has 0 radical (unpaired) electrons. The van der Waals surface area contributed by atoms with Gasteiger partial charge in [-0.2, -0.15) is 0 Å². The van der Waals surface area contributed by atoms with Gasteiger partial charge in [0.2, 0.25) is 5.91 Å². The first-order valence-corrected chi connectivity index (χ1v) is 7.48. The molecule has 0 spiro atoms. The molecule has 1 atom stereocenters. The molecular weight excluding hydrogens is 288 g/mol. The normalized spacial score (nSPS) is 17.3. The Kier molecular flexibility index (Phi) is 3.98. The maximum Gasteiger partial charge on any atom is 0.254 e. The van der Waals surface area contributed by atoms with Crippen LogP contribution in [0.4, 0.5) is 0 Å². The third kappa shape index (κ3) is 3.01. The number of nitrogens with zero attached hydrogens (tertiary/aromatic N) is 1. The van der Waals surface area contributed by atoms with Crippen molar-refractivity contribution < 1.29 is 9.59 Å². The Morgan fingerprint density at radius 2 is 1.61 bits per heavy atom. The minimum absolute atomic E-state index is 0.188. The summed E-state index contributed by atoms with van der Waals surface area (Å²) in [4.78, 5) is 25.7. The van der Waals surface area contributed by atoms with E-state index in [4.69, 9.17) is 5.73 Å². The van der Waals surface area contributed by atoms with Crippen molar-refractivity contribution in [1.29, 1.82) is 0 Å². The van der Waals surface area contributed by atoms with E-state index in [9.17, 15) is 9.59 Å². The van der Waals surface area contributed by atoms with Crippen molar-refractivity contribution in [3.05, 3.63) is 72.3 Å². The van der Waals surface area contributed by atoms with E-state index in [0.29, 0.717) is 18.5 Å². The molecule has 0 unspecified atom stereocenters. The summed E-state index contributed by atoms with van der Waals surface area (Å²) in [6.07, 6.45) is 0.448. The molecule has 1 aliphatic heterocycles. The second-order valence-corrected chi connectivity index (χ2v) is 5.75. The van der Waals surface area contributed by atoms with Crippen LogP contribution in [0.3, 0.4) is 0 Å². The van der Waals surface area contributed by atoms with E-state index in [1.807, 2.05) is 42.5 Å². The largest absolute Gasteiger partial charge is 0.368 e. The van der Waals surface area contributed by atoms with Crippen molar-refractivity contribution in [2.24, 2.45) is 5.73 Å². The van der Waals surface area contributed by atoms with Crippen molar-refractivity contribution in [3.8, 4) is 11.1 Å². The number of carbonyl (C=O) groups excluding carboxylic acids is 2. The fourth-order valence-corrected chi connectivity index (χ4v) is 2.87. The first-order valence-electron chi connectivity index (χ1n) is 7.48. The molecule has 1 heterocycles. The zero-order valence-electron chi connectivity index (χ0n) is 12.7. The lowest BCUT2D eigenvalue weighted by atomic mass is 10.0. The first kappa shape index (κ1) is 15.0. The summed E-state index contributed by atoms with van der Waals surface area (Å²) in [5.41, 5.74) is 8.92. The van der Waals surface area contributed by atoms with Crippen LogP contribution in [0.1, 0.15) is 16.8 Å². The Balaban J connectivity index is 1.83. The van der Waals surface area contributed by atoms with Gasteiger partial charge in [-0.3, -0.25) is 9.59 Å². The Bertz CT molecular complexity index is 751. The highest BCUT2D eigenvalue weighted by Crippen LogP contribution is 2.25. The van der Waals surface area contributed by atoms with Crippen LogP contribution in [0.5, 0.6) is 0 Å². The molecule has 0 aromatic heterocycles. The molecular formula is C19H18N2O2. The topological polar surface area (TPSA) is 63.4 Å². The van der Waals surface area contributed by atoms with E-state index in [0.717, 1.165) is 16.7 Å². The van der Waals surface area contributed by atoms with Gasteiger partial charge in [-0.25, -0.2) is 0 Å². The summed E-state index contributed by atoms with van der Waals surface area (Å²) < 4.78 is 0. The molecule has 0 aliphatic carbocycles. The lowest BCUT2D eigenvalue weighted by Gasteiger charge is -2.21. The van der Waals surface area contributed by atoms with Crippen LogP contribution in [0.15, 0.2) is 66.7 Å². The number of primary amides is 1. The molecule has 2 aromatic rings. The molecule has 2 amide bonds. The van der Waals surface area contributed by atoms with Gasteiger partial charge >= 0.3 is 0 Å². The number of nitrogens with two attached hydrogens (primary N) is 1. The summed E-state index contributed by atoms with van der Waals surface area (Å²) >= 11 is 0. The standard InChI is InChI=1S/C19H18N2O2/c1-13-11-17(18(20)22)21(12-13)19(23)16-9-7-15(8-10-16)14-5-3-2-4-6-14/h2-10,17H,1,11-12H2,(H2,20,22)/t17-/m0/s1. The van der Waals surface area contributed by atoms with Gasteiger partial charge in [0.05, 0.1) is 0 Å². The molecule has 116 valence electrons. The highest BCUT2D eigenvalue weighted by atomic mass is 16.2. The number of likely N-dealkylation sites (tertiary alicyclic amines) is 1. The van der Waals surface area contributed by atoms with Gasteiger partial charge in [0, 0.05) is 12.1 Å². The molecule has 3 rings (SSSR count). The van der Waals surface area contributed by atoms with Crippen LogP contribution in [0.25, 0.3) is 11.1 Å². The molecule has 0 saturated carbocycles. The highest BCUT2D eigenvalue weighted by Gasteiger charge is 2.35. The van der Waals surface area contributed by atoms with E-state index in [1.165, 1.54) is 4.90 Å². The van der Waals surface area contributed by atoms with Crippen LogP contribution in [-0.4, -0.2) is 29.3 Å². The second kappa shape index (κ2) is 6.08. The predicted octanol–water partition coefficient (Wildman–Crippen LogP) is 2.61.